The topological polar surface area (TPSA) is 54.8 Å². The summed E-state index contributed by atoms with van der Waals surface area (Å²) < 4.78 is 5.43. The standard InChI is InChI=1S/C17H19N3O2S/c1-20-8-7-11-13(9-20)23-17-14(11)16(21)18-15(19-17)10-5-3-4-6-12(10)22-2/h3-6,15,19H,7-9H2,1-2H3,(H,18,21)/p+1/t15-/m0/s1. The molecule has 3 N–H and O–H groups in total. The van der Waals surface area contributed by atoms with E-state index in [1.807, 2.05) is 24.3 Å². The molecule has 0 aliphatic carbocycles. The first-order chi connectivity index (χ1) is 11.2. The van der Waals surface area contributed by atoms with E-state index in [1.165, 1.54) is 15.3 Å². The van der Waals surface area contributed by atoms with Crippen LogP contribution in [0.15, 0.2) is 24.3 Å². The Hall–Kier alpha value is -2.05. The van der Waals surface area contributed by atoms with E-state index in [0.29, 0.717) is 0 Å². The molecule has 5 nitrogen and oxygen atoms in total. The second-order valence-electron chi connectivity index (χ2n) is 6.13. The van der Waals surface area contributed by atoms with Gasteiger partial charge in [0.2, 0.25) is 0 Å². The monoisotopic (exact) mass is 330 g/mol. The van der Waals surface area contributed by atoms with E-state index in [2.05, 4.69) is 17.7 Å². The van der Waals surface area contributed by atoms with Crippen molar-refractivity contribution < 1.29 is 14.4 Å². The quantitative estimate of drug-likeness (QED) is 0.775. The SMILES string of the molecule is COc1ccccc1[C@H]1NC(=O)c2c(sc3c2CC[NH+](C)C3)N1. The van der Waals surface area contributed by atoms with Crippen molar-refractivity contribution in [1.29, 1.82) is 0 Å². The van der Waals surface area contributed by atoms with Gasteiger partial charge in [0.05, 0.1) is 31.1 Å². The smallest absolute Gasteiger partial charge is 0.256 e. The van der Waals surface area contributed by atoms with Gasteiger partial charge in [-0.3, -0.25) is 4.79 Å². The molecule has 0 saturated heterocycles. The van der Waals surface area contributed by atoms with E-state index >= 15 is 0 Å². The molecule has 1 unspecified atom stereocenters. The summed E-state index contributed by atoms with van der Waals surface area (Å²) in [7, 11) is 3.85. The molecule has 1 aromatic carbocycles. The number of hydrogen-bond donors (Lipinski definition) is 3. The summed E-state index contributed by atoms with van der Waals surface area (Å²) in [4.78, 5) is 15.5. The first-order valence-electron chi connectivity index (χ1n) is 7.83. The fraction of sp³-hybridized carbons (Fsp3) is 0.353. The van der Waals surface area contributed by atoms with E-state index in [9.17, 15) is 4.79 Å². The number of hydrogen-bond acceptors (Lipinski definition) is 4. The van der Waals surface area contributed by atoms with Gasteiger partial charge in [-0.05, 0) is 11.6 Å². The summed E-state index contributed by atoms with van der Waals surface area (Å²) in [6, 6.07) is 7.78. The lowest BCUT2D eigenvalue weighted by molar-refractivity contribution is -0.895. The minimum Gasteiger partial charge on any atom is -0.496 e. The average molecular weight is 330 g/mol. The molecule has 0 saturated carbocycles. The molecular formula is C17H20N3O2S+. The zero-order valence-corrected chi connectivity index (χ0v) is 14.0. The number of rotatable bonds is 2. The van der Waals surface area contributed by atoms with Gasteiger partial charge in [0.1, 0.15) is 23.5 Å². The van der Waals surface area contributed by atoms with Crippen molar-refractivity contribution in [3.05, 3.63) is 45.8 Å². The molecule has 2 aliphatic rings. The highest BCUT2D eigenvalue weighted by atomic mass is 32.1. The van der Waals surface area contributed by atoms with Crippen molar-refractivity contribution in [3.63, 3.8) is 0 Å². The fourth-order valence-electron chi connectivity index (χ4n) is 3.39. The maximum atomic E-state index is 12.7. The number of carbonyl (C=O) groups is 1. The molecule has 4 rings (SSSR count). The van der Waals surface area contributed by atoms with Crippen LogP contribution in [0.1, 0.15) is 32.5 Å². The van der Waals surface area contributed by atoms with Crippen LogP contribution in [0.2, 0.25) is 0 Å². The van der Waals surface area contributed by atoms with E-state index < -0.39 is 0 Å². The van der Waals surface area contributed by atoms with Crippen LogP contribution in [0.4, 0.5) is 5.00 Å². The summed E-state index contributed by atoms with van der Waals surface area (Å²) >= 11 is 1.72. The number of carbonyl (C=O) groups excluding carboxylic acids is 1. The maximum Gasteiger partial charge on any atom is 0.256 e. The molecule has 0 spiro atoms. The lowest BCUT2D eigenvalue weighted by Gasteiger charge is -2.28. The Bertz CT molecular complexity index is 771. The molecule has 23 heavy (non-hydrogen) atoms. The first kappa shape index (κ1) is 14.5. The molecule has 2 aliphatic heterocycles. The third-order valence-electron chi connectivity index (χ3n) is 4.58. The Morgan fingerprint density at radius 2 is 2.13 bits per heavy atom. The molecule has 0 bridgehead atoms. The fourth-order valence-corrected chi connectivity index (χ4v) is 4.78. The zero-order chi connectivity index (χ0) is 16.0. The average Bonchev–Trinajstić information content (AvgIpc) is 2.92. The van der Waals surface area contributed by atoms with Crippen LogP contribution >= 0.6 is 11.3 Å². The molecular weight excluding hydrogens is 310 g/mol. The van der Waals surface area contributed by atoms with E-state index in [4.69, 9.17) is 4.74 Å². The molecule has 1 aromatic heterocycles. The molecule has 2 aromatic rings. The number of quaternary nitrogens is 1. The second-order valence-corrected chi connectivity index (χ2v) is 7.24. The van der Waals surface area contributed by atoms with E-state index in [0.717, 1.165) is 41.4 Å². The lowest BCUT2D eigenvalue weighted by Crippen LogP contribution is -3.08. The van der Waals surface area contributed by atoms with Crippen molar-refractivity contribution in [2.24, 2.45) is 0 Å². The summed E-state index contributed by atoms with van der Waals surface area (Å²) in [5, 5.41) is 7.56. The predicted octanol–water partition coefficient (Wildman–Crippen LogP) is 1.18. The number of likely N-dealkylation sites (N-methyl/N-ethyl adjacent to an activating group) is 1. The summed E-state index contributed by atoms with van der Waals surface area (Å²) in [6.07, 6.45) is 0.720. The molecule has 0 radical (unpaired) electrons. The van der Waals surface area contributed by atoms with E-state index in [1.54, 1.807) is 18.4 Å². The summed E-state index contributed by atoms with van der Waals surface area (Å²) in [6.45, 7) is 2.08. The number of ether oxygens (including phenoxy) is 1. The van der Waals surface area contributed by atoms with Crippen LogP contribution < -0.4 is 20.3 Å². The molecule has 120 valence electrons. The zero-order valence-electron chi connectivity index (χ0n) is 13.2. The Morgan fingerprint density at radius 1 is 1.30 bits per heavy atom. The Balaban J connectivity index is 1.72. The van der Waals surface area contributed by atoms with Crippen molar-refractivity contribution in [1.82, 2.24) is 5.32 Å². The number of thiophene rings is 1. The van der Waals surface area contributed by atoms with Gasteiger partial charge in [-0.25, -0.2) is 0 Å². The van der Waals surface area contributed by atoms with Gasteiger partial charge in [0, 0.05) is 12.0 Å². The number of nitrogens with one attached hydrogen (secondary N) is 3. The molecule has 1 amide bonds. The van der Waals surface area contributed by atoms with Crippen LogP contribution in [0.25, 0.3) is 0 Å². The first-order valence-corrected chi connectivity index (χ1v) is 8.65. The third kappa shape index (κ3) is 2.38. The summed E-state index contributed by atoms with van der Waals surface area (Å²) in [5.41, 5.74) is 3.03. The van der Waals surface area contributed by atoms with Gasteiger partial charge in [0.25, 0.3) is 5.91 Å². The normalized spacial score (nSPS) is 22.6. The van der Waals surface area contributed by atoms with Gasteiger partial charge in [0.15, 0.2) is 0 Å². The highest BCUT2D eigenvalue weighted by Gasteiger charge is 2.34. The van der Waals surface area contributed by atoms with E-state index in [-0.39, 0.29) is 12.1 Å². The van der Waals surface area contributed by atoms with Gasteiger partial charge >= 0.3 is 0 Å². The predicted molar refractivity (Wildman–Crippen MR) is 90.3 cm³/mol. The van der Waals surface area contributed by atoms with Crippen molar-refractivity contribution in [2.75, 3.05) is 26.0 Å². The van der Waals surface area contributed by atoms with Gasteiger partial charge in [-0.1, -0.05) is 18.2 Å². The van der Waals surface area contributed by atoms with Crippen LogP contribution in [0, 0.1) is 0 Å². The molecule has 3 heterocycles. The molecule has 2 atom stereocenters. The Labute approximate surface area is 139 Å². The van der Waals surface area contributed by atoms with Crippen LogP contribution in [-0.4, -0.2) is 26.6 Å². The number of amides is 1. The lowest BCUT2D eigenvalue weighted by atomic mass is 10.0. The summed E-state index contributed by atoms with van der Waals surface area (Å²) in [5.74, 6) is 0.797. The largest absolute Gasteiger partial charge is 0.496 e. The minimum atomic E-state index is -0.253. The third-order valence-corrected chi connectivity index (χ3v) is 5.75. The van der Waals surface area contributed by atoms with Crippen molar-refractivity contribution in [3.8, 4) is 5.75 Å². The van der Waals surface area contributed by atoms with Crippen LogP contribution in [0.3, 0.4) is 0 Å². The highest BCUT2D eigenvalue weighted by molar-refractivity contribution is 7.16. The minimum absolute atomic E-state index is 0.0201. The number of fused-ring (bicyclic) bond motifs is 3. The Morgan fingerprint density at radius 3 is 2.96 bits per heavy atom. The van der Waals surface area contributed by atoms with Gasteiger partial charge in [-0.2, -0.15) is 0 Å². The number of anilines is 1. The number of para-hydroxylation sites is 1. The van der Waals surface area contributed by atoms with Gasteiger partial charge < -0.3 is 20.3 Å². The van der Waals surface area contributed by atoms with Crippen LogP contribution in [-0.2, 0) is 13.0 Å². The Kier molecular flexibility index (Phi) is 3.50. The van der Waals surface area contributed by atoms with Crippen molar-refractivity contribution >= 4 is 22.2 Å². The second kappa shape index (κ2) is 5.54. The molecule has 0 fully saturated rings. The maximum absolute atomic E-state index is 12.7. The molecule has 6 heteroatoms. The highest BCUT2D eigenvalue weighted by Crippen LogP contribution is 2.40. The van der Waals surface area contributed by atoms with Crippen molar-refractivity contribution in [2.45, 2.75) is 19.1 Å². The van der Waals surface area contributed by atoms with Crippen LogP contribution in [0.5, 0.6) is 5.75 Å². The number of benzene rings is 1. The van der Waals surface area contributed by atoms with Gasteiger partial charge in [-0.15, -0.1) is 11.3 Å². The number of methoxy groups -OCH3 is 1.